The SMILES string of the molecule is CCOC(=O)CC1(c2ccc(OCC3(CO)COC3)cc2)COC1. The van der Waals surface area contributed by atoms with Crippen LogP contribution in [0.4, 0.5) is 0 Å². The molecule has 0 saturated carbocycles. The van der Waals surface area contributed by atoms with Gasteiger partial charge in [0.05, 0.1) is 56.9 Å². The van der Waals surface area contributed by atoms with Crippen molar-refractivity contribution in [3.8, 4) is 5.75 Å². The van der Waals surface area contributed by atoms with Crippen molar-refractivity contribution in [1.82, 2.24) is 0 Å². The fourth-order valence-electron chi connectivity index (χ4n) is 2.96. The summed E-state index contributed by atoms with van der Waals surface area (Å²) >= 11 is 0. The predicted octanol–water partition coefficient (Wildman–Crippen LogP) is 1.30. The Morgan fingerprint density at radius 2 is 1.83 bits per heavy atom. The first-order chi connectivity index (χ1) is 11.6. The number of carbonyl (C=O) groups excluding carboxylic acids is 1. The lowest BCUT2D eigenvalue weighted by Gasteiger charge is -2.41. The molecule has 0 unspecified atom stereocenters. The van der Waals surface area contributed by atoms with Gasteiger partial charge < -0.3 is 24.1 Å². The van der Waals surface area contributed by atoms with Gasteiger partial charge in [0, 0.05) is 0 Å². The second-order valence-electron chi connectivity index (χ2n) is 6.72. The van der Waals surface area contributed by atoms with E-state index in [2.05, 4.69) is 0 Å². The van der Waals surface area contributed by atoms with E-state index in [0.717, 1.165) is 11.3 Å². The van der Waals surface area contributed by atoms with Crippen molar-refractivity contribution < 1.29 is 28.8 Å². The molecule has 1 aromatic carbocycles. The molecule has 24 heavy (non-hydrogen) atoms. The molecule has 1 N–H and O–H groups in total. The Balaban J connectivity index is 1.61. The molecular weight excluding hydrogens is 312 g/mol. The molecule has 0 aliphatic carbocycles. The minimum atomic E-state index is -0.293. The first-order valence-electron chi connectivity index (χ1n) is 8.27. The maximum absolute atomic E-state index is 11.8. The number of aliphatic hydroxyl groups excluding tert-OH is 1. The van der Waals surface area contributed by atoms with E-state index in [0.29, 0.717) is 46.1 Å². The number of ether oxygens (including phenoxy) is 4. The van der Waals surface area contributed by atoms with Crippen molar-refractivity contribution in [2.75, 3.05) is 46.2 Å². The van der Waals surface area contributed by atoms with E-state index in [-0.39, 0.29) is 23.4 Å². The second-order valence-corrected chi connectivity index (χ2v) is 6.72. The van der Waals surface area contributed by atoms with Gasteiger partial charge in [0.15, 0.2) is 0 Å². The highest BCUT2D eigenvalue weighted by Crippen LogP contribution is 2.37. The Morgan fingerprint density at radius 3 is 2.29 bits per heavy atom. The standard InChI is InChI=1S/C18H24O6/c1-2-23-16(20)7-18(12-22-13-18)14-3-5-15(6-4-14)24-11-17(8-19)9-21-10-17/h3-6,19H,2,7-13H2,1H3. The molecule has 2 aliphatic rings. The van der Waals surface area contributed by atoms with Gasteiger partial charge in [-0.25, -0.2) is 0 Å². The normalized spacial score (nSPS) is 20.6. The number of hydrogen-bond acceptors (Lipinski definition) is 6. The second kappa shape index (κ2) is 7.09. The molecule has 0 aromatic heterocycles. The highest BCUT2D eigenvalue weighted by Gasteiger charge is 2.43. The topological polar surface area (TPSA) is 74.2 Å². The lowest BCUT2D eigenvalue weighted by atomic mass is 9.76. The first kappa shape index (κ1) is 17.2. The van der Waals surface area contributed by atoms with Gasteiger partial charge in [-0.15, -0.1) is 0 Å². The minimum Gasteiger partial charge on any atom is -0.493 e. The molecule has 0 amide bonds. The van der Waals surface area contributed by atoms with E-state index in [1.807, 2.05) is 24.3 Å². The van der Waals surface area contributed by atoms with E-state index in [4.69, 9.17) is 18.9 Å². The van der Waals surface area contributed by atoms with Crippen LogP contribution < -0.4 is 4.74 Å². The van der Waals surface area contributed by atoms with Crippen LogP contribution in [0.25, 0.3) is 0 Å². The molecule has 6 heteroatoms. The van der Waals surface area contributed by atoms with Gasteiger partial charge in [0.1, 0.15) is 12.4 Å². The Labute approximate surface area is 141 Å². The highest BCUT2D eigenvalue weighted by atomic mass is 16.5. The third-order valence-electron chi connectivity index (χ3n) is 4.71. The monoisotopic (exact) mass is 336 g/mol. The van der Waals surface area contributed by atoms with Crippen molar-refractivity contribution in [1.29, 1.82) is 0 Å². The zero-order valence-electron chi connectivity index (χ0n) is 14.0. The molecule has 0 atom stereocenters. The summed E-state index contributed by atoms with van der Waals surface area (Å²) in [7, 11) is 0. The molecule has 1 aromatic rings. The van der Waals surface area contributed by atoms with E-state index >= 15 is 0 Å². The molecule has 2 aliphatic heterocycles. The Bertz CT molecular complexity index is 554. The van der Waals surface area contributed by atoms with Crippen molar-refractivity contribution >= 4 is 5.97 Å². The molecule has 0 radical (unpaired) electrons. The van der Waals surface area contributed by atoms with E-state index in [1.54, 1.807) is 6.92 Å². The molecule has 6 nitrogen and oxygen atoms in total. The third kappa shape index (κ3) is 3.41. The van der Waals surface area contributed by atoms with Gasteiger partial charge in [-0.1, -0.05) is 12.1 Å². The van der Waals surface area contributed by atoms with Crippen LogP contribution in [0.3, 0.4) is 0 Å². The van der Waals surface area contributed by atoms with Gasteiger partial charge >= 0.3 is 5.97 Å². The minimum absolute atomic E-state index is 0.0606. The Morgan fingerprint density at radius 1 is 1.17 bits per heavy atom. The predicted molar refractivity (Wildman–Crippen MR) is 86.0 cm³/mol. The number of benzene rings is 1. The maximum atomic E-state index is 11.8. The Kier molecular flexibility index (Phi) is 5.08. The van der Waals surface area contributed by atoms with E-state index < -0.39 is 0 Å². The van der Waals surface area contributed by atoms with Gasteiger partial charge in [-0.3, -0.25) is 4.79 Å². The number of aliphatic hydroxyl groups is 1. The lowest BCUT2D eigenvalue weighted by molar-refractivity contribution is -0.153. The summed E-state index contributed by atoms with van der Waals surface area (Å²) in [4.78, 5) is 11.8. The van der Waals surface area contributed by atoms with Crippen LogP contribution in [0, 0.1) is 5.41 Å². The van der Waals surface area contributed by atoms with Crippen LogP contribution in [0.5, 0.6) is 5.75 Å². The Hall–Kier alpha value is -1.63. The van der Waals surface area contributed by atoms with E-state index in [9.17, 15) is 9.90 Å². The van der Waals surface area contributed by atoms with Crippen LogP contribution in [0.2, 0.25) is 0 Å². The van der Waals surface area contributed by atoms with Crippen LogP contribution >= 0.6 is 0 Å². The molecule has 132 valence electrons. The third-order valence-corrected chi connectivity index (χ3v) is 4.71. The maximum Gasteiger partial charge on any atom is 0.306 e. The summed E-state index contributed by atoms with van der Waals surface area (Å²) in [5.41, 5.74) is 0.489. The highest BCUT2D eigenvalue weighted by molar-refractivity contribution is 5.72. The summed E-state index contributed by atoms with van der Waals surface area (Å²) in [6, 6.07) is 7.73. The molecule has 2 fully saturated rings. The van der Waals surface area contributed by atoms with Crippen LogP contribution in [0.1, 0.15) is 18.9 Å². The smallest absolute Gasteiger partial charge is 0.306 e. The fraction of sp³-hybridized carbons (Fsp3) is 0.611. The molecule has 2 heterocycles. The van der Waals surface area contributed by atoms with Crippen LogP contribution in [-0.2, 0) is 24.4 Å². The summed E-state index contributed by atoms with van der Waals surface area (Å²) in [6.45, 7) is 4.79. The molecule has 2 saturated heterocycles. The van der Waals surface area contributed by atoms with Crippen LogP contribution in [-0.4, -0.2) is 57.3 Å². The average Bonchev–Trinajstić information content (AvgIpc) is 2.51. The summed E-state index contributed by atoms with van der Waals surface area (Å²) < 4.78 is 21.4. The van der Waals surface area contributed by atoms with Crippen molar-refractivity contribution in [3.05, 3.63) is 29.8 Å². The van der Waals surface area contributed by atoms with Gasteiger partial charge in [0.25, 0.3) is 0 Å². The summed E-state index contributed by atoms with van der Waals surface area (Å²) in [5, 5.41) is 9.41. The largest absolute Gasteiger partial charge is 0.493 e. The van der Waals surface area contributed by atoms with Gasteiger partial charge in [0.2, 0.25) is 0 Å². The molecule has 0 spiro atoms. The quantitative estimate of drug-likeness (QED) is 0.721. The van der Waals surface area contributed by atoms with Crippen molar-refractivity contribution in [2.24, 2.45) is 5.41 Å². The number of esters is 1. The van der Waals surface area contributed by atoms with Crippen molar-refractivity contribution in [3.63, 3.8) is 0 Å². The van der Waals surface area contributed by atoms with Crippen molar-refractivity contribution in [2.45, 2.75) is 18.8 Å². The number of rotatable bonds is 8. The number of hydrogen-bond donors (Lipinski definition) is 1. The first-order valence-corrected chi connectivity index (χ1v) is 8.27. The molecule has 3 rings (SSSR count). The van der Waals surface area contributed by atoms with Gasteiger partial charge in [-0.05, 0) is 24.6 Å². The molecule has 0 bridgehead atoms. The fourth-order valence-corrected chi connectivity index (χ4v) is 2.96. The van der Waals surface area contributed by atoms with Crippen LogP contribution in [0.15, 0.2) is 24.3 Å². The zero-order chi connectivity index (χ0) is 17.0. The van der Waals surface area contributed by atoms with E-state index in [1.165, 1.54) is 0 Å². The zero-order valence-corrected chi connectivity index (χ0v) is 14.0. The summed E-state index contributed by atoms with van der Waals surface area (Å²) in [5.74, 6) is 0.543. The summed E-state index contributed by atoms with van der Waals surface area (Å²) in [6.07, 6.45) is 0.325. The van der Waals surface area contributed by atoms with Gasteiger partial charge in [-0.2, -0.15) is 0 Å². The number of carbonyl (C=O) groups is 1. The molecular formula is C18H24O6. The average molecular weight is 336 g/mol. The lowest BCUT2D eigenvalue weighted by Crippen LogP contribution is -2.50.